The van der Waals surface area contributed by atoms with E-state index in [0.717, 1.165) is 24.8 Å². The Morgan fingerprint density at radius 1 is 1.14 bits per heavy atom. The van der Waals surface area contributed by atoms with E-state index < -0.39 is 0 Å². The molecule has 0 atom stereocenters. The molecule has 0 saturated heterocycles. The van der Waals surface area contributed by atoms with E-state index in [4.69, 9.17) is 0 Å². The van der Waals surface area contributed by atoms with Crippen molar-refractivity contribution >= 4 is 22.6 Å². The van der Waals surface area contributed by atoms with Gasteiger partial charge in [-0.05, 0) is 43.4 Å². The van der Waals surface area contributed by atoms with Gasteiger partial charge in [-0.15, -0.1) is 11.3 Å². The Labute approximate surface area is 126 Å². The van der Waals surface area contributed by atoms with Crippen molar-refractivity contribution in [2.24, 2.45) is 4.99 Å². The van der Waals surface area contributed by atoms with E-state index in [-0.39, 0.29) is 11.5 Å². The van der Waals surface area contributed by atoms with Gasteiger partial charge >= 0.3 is 0 Å². The van der Waals surface area contributed by atoms with Crippen molar-refractivity contribution in [2.75, 3.05) is 0 Å². The zero-order chi connectivity index (χ0) is 14.8. The highest BCUT2D eigenvalue weighted by atomic mass is 32.1. The van der Waals surface area contributed by atoms with Crippen LogP contribution in [-0.2, 0) is 12.8 Å². The molecule has 0 bridgehead atoms. The zero-order valence-electron chi connectivity index (χ0n) is 11.3. The lowest BCUT2D eigenvalue weighted by atomic mass is 9.96. The molecule has 1 aliphatic rings. The van der Waals surface area contributed by atoms with E-state index in [2.05, 4.69) is 11.1 Å². The van der Waals surface area contributed by atoms with Crippen molar-refractivity contribution in [3.05, 3.63) is 39.8 Å². The predicted octanol–water partition coefficient (Wildman–Crippen LogP) is 3.66. The summed E-state index contributed by atoms with van der Waals surface area (Å²) in [6, 6.07) is 6.56. The number of nitrogens with zero attached hydrogens (tertiary/aromatic N) is 2. The first kappa shape index (κ1) is 13.7. The molecule has 21 heavy (non-hydrogen) atoms. The zero-order valence-corrected chi connectivity index (χ0v) is 12.2. The van der Waals surface area contributed by atoms with Gasteiger partial charge in [0.25, 0.3) is 0 Å². The second-order valence-electron chi connectivity index (χ2n) is 5.04. The summed E-state index contributed by atoms with van der Waals surface area (Å²) >= 11 is 1.57. The first-order valence-electron chi connectivity index (χ1n) is 6.79. The Balaban J connectivity index is 1.96. The first-order valence-corrected chi connectivity index (χ1v) is 7.61. The average Bonchev–Trinajstić information content (AvgIpc) is 2.81. The van der Waals surface area contributed by atoms with E-state index in [0.29, 0.717) is 16.1 Å². The van der Waals surface area contributed by atoms with Gasteiger partial charge in [-0.25, -0.2) is 4.99 Å². The summed E-state index contributed by atoms with van der Waals surface area (Å²) in [7, 11) is 0. The molecule has 1 heterocycles. The number of phenols is 2. The van der Waals surface area contributed by atoms with Gasteiger partial charge in [-0.2, -0.15) is 5.26 Å². The van der Waals surface area contributed by atoms with Gasteiger partial charge in [-0.3, -0.25) is 0 Å². The largest absolute Gasteiger partial charge is 0.508 e. The Hall–Kier alpha value is -2.32. The van der Waals surface area contributed by atoms with Crippen LogP contribution in [0.15, 0.2) is 23.2 Å². The number of hydrogen-bond acceptors (Lipinski definition) is 5. The van der Waals surface area contributed by atoms with Crippen LogP contribution in [0.2, 0.25) is 0 Å². The molecule has 1 aromatic carbocycles. The average molecular weight is 298 g/mol. The molecular formula is C16H14N2O2S. The number of aromatic hydroxyl groups is 2. The van der Waals surface area contributed by atoms with Gasteiger partial charge in [0.05, 0.1) is 5.56 Å². The minimum absolute atomic E-state index is 0.0116. The second kappa shape index (κ2) is 5.58. The van der Waals surface area contributed by atoms with Gasteiger partial charge in [0.1, 0.15) is 22.6 Å². The lowest BCUT2D eigenvalue weighted by molar-refractivity contribution is 0.450. The van der Waals surface area contributed by atoms with Gasteiger partial charge in [0.15, 0.2) is 0 Å². The van der Waals surface area contributed by atoms with E-state index in [1.54, 1.807) is 17.6 Å². The lowest BCUT2D eigenvalue weighted by Crippen LogP contribution is -1.99. The molecule has 4 nitrogen and oxygen atoms in total. The normalized spacial score (nSPS) is 14.0. The number of aryl methyl sites for hydroxylation is 1. The summed E-state index contributed by atoms with van der Waals surface area (Å²) in [4.78, 5) is 5.65. The summed E-state index contributed by atoms with van der Waals surface area (Å²) in [5.74, 6) is -0.0233. The van der Waals surface area contributed by atoms with Crippen LogP contribution in [0.25, 0.3) is 0 Å². The third-order valence-corrected chi connectivity index (χ3v) is 4.72. The maximum absolute atomic E-state index is 9.45. The van der Waals surface area contributed by atoms with Gasteiger partial charge in [-0.1, -0.05) is 0 Å². The number of thiophene rings is 1. The molecule has 0 amide bonds. The number of fused-ring (bicyclic) bond motifs is 1. The monoisotopic (exact) mass is 298 g/mol. The van der Waals surface area contributed by atoms with Crippen LogP contribution in [0.5, 0.6) is 11.5 Å². The standard InChI is InChI=1S/C16H14N2O2S/c17-8-14-13-3-1-2-4-15(13)21-16(14)18-9-10-5-11(19)7-12(20)6-10/h5-7,9,19-20H,1-4H2. The SMILES string of the molecule is N#Cc1c(N=Cc2cc(O)cc(O)c2)sc2c1CCCC2. The third-order valence-electron chi connectivity index (χ3n) is 3.52. The van der Waals surface area contributed by atoms with Crippen molar-refractivity contribution in [2.45, 2.75) is 25.7 Å². The Morgan fingerprint density at radius 2 is 1.86 bits per heavy atom. The molecule has 2 N–H and O–H groups in total. The number of benzene rings is 1. The highest BCUT2D eigenvalue weighted by Gasteiger charge is 2.20. The van der Waals surface area contributed by atoms with Crippen molar-refractivity contribution in [1.82, 2.24) is 0 Å². The Kier molecular flexibility index (Phi) is 3.63. The van der Waals surface area contributed by atoms with Crippen LogP contribution < -0.4 is 0 Å². The summed E-state index contributed by atoms with van der Waals surface area (Å²) in [6.45, 7) is 0. The summed E-state index contributed by atoms with van der Waals surface area (Å²) in [6.07, 6.45) is 5.84. The molecule has 5 heteroatoms. The van der Waals surface area contributed by atoms with Crippen molar-refractivity contribution in [1.29, 1.82) is 5.26 Å². The van der Waals surface area contributed by atoms with Crippen LogP contribution in [0.1, 0.15) is 34.4 Å². The van der Waals surface area contributed by atoms with Crippen LogP contribution in [0, 0.1) is 11.3 Å². The highest BCUT2D eigenvalue weighted by molar-refractivity contribution is 7.16. The van der Waals surface area contributed by atoms with E-state index in [1.807, 2.05) is 0 Å². The fourth-order valence-corrected chi connectivity index (χ4v) is 3.77. The predicted molar refractivity (Wildman–Crippen MR) is 82.7 cm³/mol. The topological polar surface area (TPSA) is 76.6 Å². The second-order valence-corrected chi connectivity index (χ2v) is 6.13. The summed E-state index contributed by atoms with van der Waals surface area (Å²) < 4.78 is 0. The number of hydrogen-bond donors (Lipinski definition) is 2. The van der Waals surface area contributed by atoms with E-state index in [9.17, 15) is 15.5 Å². The number of nitriles is 1. The lowest BCUT2D eigenvalue weighted by Gasteiger charge is -2.09. The van der Waals surface area contributed by atoms with Crippen molar-refractivity contribution < 1.29 is 10.2 Å². The summed E-state index contributed by atoms with van der Waals surface area (Å²) in [5, 5.41) is 29.0. The van der Waals surface area contributed by atoms with Gasteiger partial charge in [0.2, 0.25) is 0 Å². The number of phenolic OH excluding ortho intramolecular Hbond substituents is 2. The fraction of sp³-hybridized carbons (Fsp3) is 0.250. The molecule has 0 saturated carbocycles. The van der Waals surface area contributed by atoms with Crippen LogP contribution in [0.3, 0.4) is 0 Å². The maximum atomic E-state index is 9.45. The third kappa shape index (κ3) is 2.76. The minimum atomic E-state index is -0.0116. The van der Waals surface area contributed by atoms with Crippen molar-refractivity contribution in [3.8, 4) is 17.6 Å². The fourth-order valence-electron chi connectivity index (χ4n) is 2.58. The minimum Gasteiger partial charge on any atom is -0.508 e. The molecule has 0 unspecified atom stereocenters. The molecule has 0 radical (unpaired) electrons. The Bertz CT molecular complexity index is 736. The molecule has 0 spiro atoms. The Morgan fingerprint density at radius 3 is 2.57 bits per heavy atom. The molecule has 1 aliphatic carbocycles. The molecule has 106 valence electrons. The number of rotatable bonds is 2. The van der Waals surface area contributed by atoms with E-state index >= 15 is 0 Å². The highest BCUT2D eigenvalue weighted by Crippen LogP contribution is 2.39. The quantitative estimate of drug-likeness (QED) is 0.831. The molecule has 3 rings (SSSR count). The first-order chi connectivity index (χ1) is 10.2. The molecule has 0 aliphatic heterocycles. The van der Waals surface area contributed by atoms with Crippen LogP contribution in [-0.4, -0.2) is 16.4 Å². The maximum Gasteiger partial charge on any atom is 0.134 e. The molecule has 2 aromatic rings. The van der Waals surface area contributed by atoms with Crippen LogP contribution in [0.4, 0.5) is 5.00 Å². The molecular weight excluding hydrogens is 284 g/mol. The number of aliphatic imine (C=N–C) groups is 1. The van der Waals surface area contributed by atoms with Crippen molar-refractivity contribution in [3.63, 3.8) is 0 Å². The van der Waals surface area contributed by atoms with Gasteiger partial charge in [0, 0.05) is 22.7 Å². The molecule has 1 aromatic heterocycles. The summed E-state index contributed by atoms with van der Waals surface area (Å²) in [5.41, 5.74) is 2.43. The van der Waals surface area contributed by atoms with Gasteiger partial charge < -0.3 is 10.2 Å². The van der Waals surface area contributed by atoms with Crippen LogP contribution >= 0.6 is 11.3 Å². The smallest absolute Gasteiger partial charge is 0.134 e. The molecule has 0 fully saturated rings. The van der Waals surface area contributed by atoms with E-state index in [1.165, 1.54) is 29.5 Å².